The van der Waals surface area contributed by atoms with Crippen LogP contribution in [0.2, 0.25) is 0 Å². The van der Waals surface area contributed by atoms with E-state index in [2.05, 4.69) is 24.1 Å². The lowest BCUT2D eigenvalue weighted by atomic mass is 9.78. The Kier molecular flexibility index (Phi) is 2.19. The predicted octanol–water partition coefficient (Wildman–Crippen LogP) is 1.07. The highest BCUT2D eigenvalue weighted by Gasteiger charge is 2.32. The van der Waals surface area contributed by atoms with E-state index in [9.17, 15) is 4.79 Å². The first-order chi connectivity index (χ1) is 5.16. The van der Waals surface area contributed by atoms with E-state index in [-0.39, 0.29) is 11.4 Å². The van der Waals surface area contributed by atoms with Gasteiger partial charge in [-0.2, -0.15) is 0 Å². The van der Waals surface area contributed by atoms with Crippen LogP contribution in [0, 0.1) is 11.8 Å². The van der Waals surface area contributed by atoms with Gasteiger partial charge in [0, 0.05) is 5.54 Å². The molecule has 0 unspecified atom stereocenters. The molecule has 1 rings (SSSR count). The van der Waals surface area contributed by atoms with Crippen LogP contribution < -0.4 is 5.32 Å². The SMILES string of the molecule is CC#CC(=O)NC1(C)CCC1. The molecule has 0 radical (unpaired) electrons. The normalized spacial score (nSPS) is 19.1. The minimum atomic E-state index is -0.144. The van der Waals surface area contributed by atoms with Gasteiger partial charge in [0.2, 0.25) is 0 Å². The third kappa shape index (κ3) is 1.98. The summed E-state index contributed by atoms with van der Waals surface area (Å²) >= 11 is 0. The number of amides is 1. The molecular formula is C9H13NO. The van der Waals surface area contributed by atoms with Crippen LogP contribution in [-0.2, 0) is 4.79 Å². The van der Waals surface area contributed by atoms with E-state index in [0.717, 1.165) is 12.8 Å². The Bertz CT molecular complexity index is 217. The van der Waals surface area contributed by atoms with Gasteiger partial charge >= 0.3 is 0 Å². The number of carbonyl (C=O) groups is 1. The maximum atomic E-state index is 11.0. The first kappa shape index (κ1) is 8.13. The van der Waals surface area contributed by atoms with Crippen LogP contribution in [0.15, 0.2) is 0 Å². The van der Waals surface area contributed by atoms with E-state index < -0.39 is 0 Å². The Morgan fingerprint density at radius 2 is 2.18 bits per heavy atom. The Morgan fingerprint density at radius 1 is 1.55 bits per heavy atom. The summed E-state index contributed by atoms with van der Waals surface area (Å²) in [6.07, 6.45) is 3.39. The molecule has 0 heterocycles. The molecule has 1 saturated carbocycles. The maximum Gasteiger partial charge on any atom is 0.296 e. The van der Waals surface area contributed by atoms with Crippen LogP contribution in [0.3, 0.4) is 0 Å². The molecule has 11 heavy (non-hydrogen) atoms. The minimum absolute atomic E-state index is 0.0426. The van der Waals surface area contributed by atoms with Crippen LogP contribution in [0.5, 0.6) is 0 Å². The summed E-state index contributed by atoms with van der Waals surface area (Å²) in [4.78, 5) is 11.0. The van der Waals surface area contributed by atoms with Crippen molar-refractivity contribution in [3.8, 4) is 11.8 Å². The average Bonchev–Trinajstić information content (AvgIpc) is 1.85. The van der Waals surface area contributed by atoms with Gasteiger partial charge in [-0.3, -0.25) is 4.79 Å². The molecule has 0 bridgehead atoms. The van der Waals surface area contributed by atoms with E-state index in [0.29, 0.717) is 0 Å². The molecule has 1 aliphatic rings. The van der Waals surface area contributed by atoms with Crippen molar-refractivity contribution < 1.29 is 4.79 Å². The highest BCUT2D eigenvalue weighted by atomic mass is 16.1. The predicted molar refractivity (Wildman–Crippen MR) is 43.8 cm³/mol. The molecule has 1 fully saturated rings. The summed E-state index contributed by atoms with van der Waals surface area (Å²) in [5.41, 5.74) is 0.0426. The second kappa shape index (κ2) is 2.96. The van der Waals surface area contributed by atoms with Gasteiger partial charge in [0.05, 0.1) is 0 Å². The van der Waals surface area contributed by atoms with E-state index in [4.69, 9.17) is 0 Å². The second-order valence-electron chi connectivity index (χ2n) is 3.24. The maximum absolute atomic E-state index is 11.0. The summed E-state index contributed by atoms with van der Waals surface area (Å²) in [6, 6.07) is 0. The molecule has 2 nitrogen and oxygen atoms in total. The lowest BCUT2D eigenvalue weighted by Crippen LogP contribution is -2.50. The molecule has 60 valence electrons. The van der Waals surface area contributed by atoms with Gasteiger partial charge in [0.15, 0.2) is 0 Å². The molecule has 0 spiro atoms. The fraction of sp³-hybridized carbons (Fsp3) is 0.667. The standard InChI is InChI=1S/C9H13NO/c1-3-5-8(11)10-9(2)6-4-7-9/h4,6-7H2,1-2H3,(H,10,11). The molecule has 0 atom stereocenters. The fourth-order valence-electron chi connectivity index (χ4n) is 1.25. The molecule has 1 aliphatic carbocycles. The minimum Gasteiger partial charge on any atom is -0.340 e. The molecule has 1 N–H and O–H groups in total. The summed E-state index contributed by atoms with van der Waals surface area (Å²) in [5.74, 6) is 4.90. The first-order valence-corrected chi connectivity index (χ1v) is 3.91. The van der Waals surface area contributed by atoms with Gasteiger partial charge in [-0.25, -0.2) is 0 Å². The summed E-state index contributed by atoms with van der Waals surface area (Å²) < 4.78 is 0. The molecule has 2 heteroatoms. The highest BCUT2D eigenvalue weighted by molar-refractivity contribution is 5.93. The quantitative estimate of drug-likeness (QED) is 0.558. The largest absolute Gasteiger partial charge is 0.340 e. The van der Waals surface area contributed by atoms with Crippen molar-refractivity contribution in [3.05, 3.63) is 0 Å². The fourth-order valence-corrected chi connectivity index (χ4v) is 1.25. The number of rotatable bonds is 1. The first-order valence-electron chi connectivity index (χ1n) is 3.91. The van der Waals surface area contributed by atoms with Crippen molar-refractivity contribution in [1.82, 2.24) is 5.32 Å². The summed E-state index contributed by atoms with van der Waals surface area (Å²) in [6.45, 7) is 3.73. The molecule has 0 aromatic carbocycles. The number of hydrogen-bond donors (Lipinski definition) is 1. The topological polar surface area (TPSA) is 29.1 Å². The lowest BCUT2D eigenvalue weighted by Gasteiger charge is -2.38. The van der Waals surface area contributed by atoms with Gasteiger partial charge < -0.3 is 5.32 Å². The van der Waals surface area contributed by atoms with E-state index in [1.54, 1.807) is 6.92 Å². The van der Waals surface area contributed by atoms with Crippen molar-refractivity contribution in [2.24, 2.45) is 0 Å². The van der Waals surface area contributed by atoms with Crippen molar-refractivity contribution in [3.63, 3.8) is 0 Å². The molecule has 0 aliphatic heterocycles. The number of carbonyl (C=O) groups excluding carboxylic acids is 1. The lowest BCUT2D eigenvalue weighted by molar-refractivity contribution is -0.118. The van der Waals surface area contributed by atoms with Crippen LogP contribution in [0.1, 0.15) is 33.1 Å². The van der Waals surface area contributed by atoms with Gasteiger partial charge in [0.1, 0.15) is 0 Å². The third-order valence-electron chi connectivity index (χ3n) is 2.11. The zero-order chi connectivity index (χ0) is 8.32. The summed E-state index contributed by atoms with van der Waals surface area (Å²) in [5, 5.41) is 2.88. The second-order valence-corrected chi connectivity index (χ2v) is 3.24. The van der Waals surface area contributed by atoms with Crippen molar-refractivity contribution in [1.29, 1.82) is 0 Å². The van der Waals surface area contributed by atoms with Gasteiger partial charge in [0.25, 0.3) is 5.91 Å². The molecule has 0 aromatic rings. The zero-order valence-electron chi connectivity index (χ0n) is 7.03. The van der Waals surface area contributed by atoms with Crippen molar-refractivity contribution in [2.75, 3.05) is 0 Å². The van der Waals surface area contributed by atoms with Crippen LogP contribution in [0.25, 0.3) is 0 Å². The Hall–Kier alpha value is -0.970. The van der Waals surface area contributed by atoms with Gasteiger partial charge in [-0.05, 0) is 39.0 Å². The number of nitrogens with one attached hydrogen (secondary N) is 1. The van der Waals surface area contributed by atoms with Crippen LogP contribution in [-0.4, -0.2) is 11.4 Å². The Balaban J connectivity index is 2.39. The van der Waals surface area contributed by atoms with E-state index in [1.165, 1.54) is 6.42 Å². The summed E-state index contributed by atoms with van der Waals surface area (Å²) in [7, 11) is 0. The van der Waals surface area contributed by atoms with Crippen molar-refractivity contribution >= 4 is 5.91 Å². The Labute approximate surface area is 67.4 Å². The zero-order valence-corrected chi connectivity index (χ0v) is 7.03. The van der Waals surface area contributed by atoms with E-state index >= 15 is 0 Å². The highest BCUT2D eigenvalue weighted by Crippen LogP contribution is 2.30. The third-order valence-corrected chi connectivity index (χ3v) is 2.11. The van der Waals surface area contributed by atoms with E-state index in [1.807, 2.05) is 0 Å². The average molecular weight is 151 g/mol. The molecular weight excluding hydrogens is 138 g/mol. The molecule has 0 aromatic heterocycles. The monoisotopic (exact) mass is 151 g/mol. The Morgan fingerprint density at radius 3 is 2.55 bits per heavy atom. The molecule has 1 amide bonds. The smallest absolute Gasteiger partial charge is 0.296 e. The molecule has 0 saturated heterocycles. The number of hydrogen-bond acceptors (Lipinski definition) is 1. The van der Waals surface area contributed by atoms with Gasteiger partial charge in [-0.15, -0.1) is 0 Å². The van der Waals surface area contributed by atoms with Crippen LogP contribution >= 0.6 is 0 Å². The van der Waals surface area contributed by atoms with Crippen LogP contribution in [0.4, 0.5) is 0 Å². The van der Waals surface area contributed by atoms with Gasteiger partial charge in [-0.1, -0.05) is 5.92 Å². The van der Waals surface area contributed by atoms with Crippen molar-refractivity contribution in [2.45, 2.75) is 38.6 Å².